The van der Waals surface area contributed by atoms with Gasteiger partial charge in [-0.05, 0) is 55.5 Å². The van der Waals surface area contributed by atoms with Gasteiger partial charge in [0.25, 0.3) is 0 Å². The predicted octanol–water partition coefficient (Wildman–Crippen LogP) is 3.31. The zero-order chi connectivity index (χ0) is 22.5. The summed E-state index contributed by atoms with van der Waals surface area (Å²) < 4.78 is 13.3. The number of rotatable bonds is 7. The number of pyridine rings is 1. The van der Waals surface area contributed by atoms with Crippen molar-refractivity contribution < 1.29 is 19.2 Å². The van der Waals surface area contributed by atoms with E-state index in [0.717, 1.165) is 5.69 Å². The zero-order valence-electron chi connectivity index (χ0n) is 17.6. The minimum atomic E-state index is -1.12. The molecule has 166 valence electrons. The molecule has 4 rings (SSSR count). The Morgan fingerprint density at radius 3 is 2.53 bits per heavy atom. The van der Waals surface area contributed by atoms with Crippen molar-refractivity contribution in [1.29, 1.82) is 0 Å². The number of aromatic nitrogens is 2. The predicted molar refractivity (Wildman–Crippen MR) is 117 cm³/mol. The minimum absolute atomic E-state index is 0.0143. The van der Waals surface area contributed by atoms with E-state index in [1.807, 2.05) is 59.4 Å². The number of esters is 1. The normalized spacial score (nSPS) is 20.5. The standard InChI is InChI=1S/C23H24N4O5/c1-2-31-23(28)19-15-22(26(16-20(19)27(29)30)21-7-3-4-12-24-21)32-18-10-8-17(9-11-18)25-13-5-6-14-25/h3-14,19-20,22H,2,15-16H2,1H3. The van der Waals surface area contributed by atoms with Crippen LogP contribution in [0.4, 0.5) is 5.82 Å². The molecule has 0 saturated carbocycles. The highest BCUT2D eigenvalue weighted by molar-refractivity contribution is 5.73. The molecule has 3 heterocycles. The highest BCUT2D eigenvalue weighted by Gasteiger charge is 2.48. The Bertz CT molecular complexity index is 1040. The molecule has 1 aliphatic heterocycles. The van der Waals surface area contributed by atoms with Gasteiger partial charge in [-0.15, -0.1) is 0 Å². The number of benzene rings is 1. The van der Waals surface area contributed by atoms with E-state index in [1.165, 1.54) is 0 Å². The highest BCUT2D eigenvalue weighted by Crippen LogP contribution is 2.31. The molecule has 0 aliphatic carbocycles. The Kier molecular flexibility index (Phi) is 6.34. The van der Waals surface area contributed by atoms with Crippen molar-refractivity contribution in [2.45, 2.75) is 25.6 Å². The second-order valence-corrected chi connectivity index (χ2v) is 7.44. The maximum absolute atomic E-state index is 12.5. The van der Waals surface area contributed by atoms with Crippen LogP contribution in [-0.4, -0.2) is 45.9 Å². The molecule has 0 amide bonds. The van der Waals surface area contributed by atoms with Crippen LogP contribution in [0.15, 0.2) is 73.2 Å². The maximum Gasteiger partial charge on any atom is 0.316 e. The smallest absolute Gasteiger partial charge is 0.316 e. The molecular formula is C23H24N4O5. The van der Waals surface area contributed by atoms with Gasteiger partial charge < -0.3 is 18.9 Å². The quantitative estimate of drug-likeness (QED) is 0.318. The number of nitro groups is 1. The first kappa shape index (κ1) is 21.4. The molecule has 0 spiro atoms. The highest BCUT2D eigenvalue weighted by atomic mass is 16.6. The number of nitrogens with zero attached hydrogens (tertiary/aromatic N) is 4. The van der Waals surface area contributed by atoms with Gasteiger partial charge in [0, 0.05) is 35.6 Å². The van der Waals surface area contributed by atoms with Crippen molar-refractivity contribution in [2.24, 2.45) is 5.92 Å². The summed E-state index contributed by atoms with van der Waals surface area (Å²) in [5, 5.41) is 11.8. The van der Waals surface area contributed by atoms with E-state index in [4.69, 9.17) is 9.47 Å². The molecular weight excluding hydrogens is 412 g/mol. The topological polar surface area (TPSA) is 99.7 Å². The lowest BCUT2D eigenvalue weighted by Crippen LogP contribution is -2.57. The number of carbonyl (C=O) groups excluding carboxylic acids is 1. The summed E-state index contributed by atoms with van der Waals surface area (Å²) in [5.41, 5.74) is 0.977. The first-order valence-corrected chi connectivity index (χ1v) is 10.4. The van der Waals surface area contributed by atoms with Gasteiger partial charge in [-0.1, -0.05) is 6.07 Å². The Hall–Kier alpha value is -3.88. The molecule has 1 aromatic carbocycles. The number of hydrogen-bond acceptors (Lipinski definition) is 7. The van der Waals surface area contributed by atoms with Crippen LogP contribution >= 0.6 is 0 Å². The van der Waals surface area contributed by atoms with Crippen LogP contribution in [-0.2, 0) is 9.53 Å². The molecule has 1 aliphatic rings. The molecule has 3 unspecified atom stereocenters. The van der Waals surface area contributed by atoms with E-state index in [1.54, 1.807) is 30.2 Å². The van der Waals surface area contributed by atoms with Crippen molar-refractivity contribution in [3.05, 3.63) is 83.3 Å². The summed E-state index contributed by atoms with van der Waals surface area (Å²) in [5.74, 6) is -0.342. The molecule has 2 aromatic heterocycles. The minimum Gasteiger partial charge on any atom is -0.470 e. The van der Waals surface area contributed by atoms with Crippen LogP contribution in [0.25, 0.3) is 5.69 Å². The van der Waals surface area contributed by atoms with Crippen molar-refractivity contribution in [3.63, 3.8) is 0 Å². The van der Waals surface area contributed by atoms with E-state index in [2.05, 4.69) is 4.98 Å². The van der Waals surface area contributed by atoms with Crippen molar-refractivity contribution in [1.82, 2.24) is 9.55 Å². The fourth-order valence-electron chi connectivity index (χ4n) is 3.90. The molecule has 1 saturated heterocycles. The largest absolute Gasteiger partial charge is 0.470 e. The number of hydrogen-bond donors (Lipinski definition) is 0. The Morgan fingerprint density at radius 2 is 1.91 bits per heavy atom. The summed E-state index contributed by atoms with van der Waals surface area (Å²) in [6, 6.07) is 15.6. The fourth-order valence-corrected chi connectivity index (χ4v) is 3.90. The second kappa shape index (κ2) is 9.51. The molecule has 9 heteroatoms. The summed E-state index contributed by atoms with van der Waals surface area (Å²) in [4.78, 5) is 30.0. The lowest BCUT2D eigenvalue weighted by Gasteiger charge is -2.40. The van der Waals surface area contributed by atoms with Crippen LogP contribution in [0.3, 0.4) is 0 Å². The SMILES string of the molecule is CCOC(=O)C1CC(Oc2ccc(-n3cccc3)cc2)N(c2ccccn2)CC1[N+](=O)[O-]. The van der Waals surface area contributed by atoms with Gasteiger partial charge in [-0.2, -0.15) is 0 Å². The van der Waals surface area contributed by atoms with Gasteiger partial charge in [0.15, 0.2) is 6.23 Å². The van der Waals surface area contributed by atoms with Gasteiger partial charge in [0.05, 0.1) is 13.2 Å². The van der Waals surface area contributed by atoms with Gasteiger partial charge in [0.2, 0.25) is 6.04 Å². The molecule has 0 radical (unpaired) electrons. The summed E-state index contributed by atoms with van der Waals surface area (Å²) in [6.45, 7) is 1.83. The lowest BCUT2D eigenvalue weighted by molar-refractivity contribution is -0.529. The van der Waals surface area contributed by atoms with Crippen LogP contribution in [0, 0.1) is 16.0 Å². The average Bonchev–Trinajstić information content (AvgIpc) is 3.35. The number of anilines is 1. The molecule has 32 heavy (non-hydrogen) atoms. The lowest BCUT2D eigenvalue weighted by atomic mass is 9.90. The van der Waals surface area contributed by atoms with Crippen LogP contribution < -0.4 is 9.64 Å². The monoisotopic (exact) mass is 436 g/mol. The molecule has 0 N–H and O–H groups in total. The van der Waals surface area contributed by atoms with E-state index in [9.17, 15) is 14.9 Å². The van der Waals surface area contributed by atoms with Gasteiger partial charge in [-0.25, -0.2) is 4.98 Å². The van der Waals surface area contributed by atoms with E-state index in [-0.39, 0.29) is 19.6 Å². The molecule has 9 nitrogen and oxygen atoms in total. The first-order chi connectivity index (χ1) is 15.6. The fraction of sp³-hybridized carbons (Fsp3) is 0.304. The van der Waals surface area contributed by atoms with Crippen molar-refractivity contribution in [2.75, 3.05) is 18.1 Å². The Morgan fingerprint density at radius 1 is 1.16 bits per heavy atom. The van der Waals surface area contributed by atoms with Gasteiger partial charge in [-0.3, -0.25) is 14.9 Å². The third-order valence-corrected chi connectivity index (χ3v) is 5.47. The van der Waals surface area contributed by atoms with Crippen molar-refractivity contribution in [3.8, 4) is 11.4 Å². The van der Waals surface area contributed by atoms with Gasteiger partial charge >= 0.3 is 5.97 Å². The third-order valence-electron chi connectivity index (χ3n) is 5.47. The zero-order valence-corrected chi connectivity index (χ0v) is 17.6. The van der Waals surface area contributed by atoms with E-state index < -0.39 is 29.1 Å². The Balaban J connectivity index is 1.61. The molecule has 0 bridgehead atoms. The first-order valence-electron chi connectivity index (χ1n) is 10.4. The summed E-state index contributed by atoms with van der Waals surface area (Å²) in [6.07, 6.45) is 5.01. The molecule has 3 aromatic rings. The molecule has 3 atom stereocenters. The molecule has 1 fully saturated rings. The number of piperidine rings is 1. The second-order valence-electron chi connectivity index (χ2n) is 7.44. The summed E-state index contributed by atoms with van der Waals surface area (Å²) >= 11 is 0. The maximum atomic E-state index is 12.5. The van der Waals surface area contributed by atoms with Gasteiger partial charge in [0.1, 0.15) is 17.5 Å². The summed E-state index contributed by atoms with van der Waals surface area (Å²) in [7, 11) is 0. The van der Waals surface area contributed by atoms with E-state index in [0.29, 0.717) is 11.6 Å². The number of carbonyl (C=O) groups is 1. The van der Waals surface area contributed by atoms with Crippen molar-refractivity contribution >= 4 is 11.8 Å². The number of ether oxygens (including phenoxy) is 2. The average molecular weight is 436 g/mol. The van der Waals surface area contributed by atoms with Crippen LogP contribution in [0.2, 0.25) is 0 Å². The Labute approximate surface area is 185 Å². The third kappa shape index (κ3) is 4.56. The van der Waals surface area contributed by atoms with Crippen LogP contribution in [0.1, 0.15) is 13.3 Å². The van der Waals surface area contributed by atoms with E-state index >= 15 is 0 Å². The van der Waals surface area contributed by atoms with Crippen LogP contribution in [0.5, 0.6) is 5.75 Å².